The molecule has 0 radical (unpaired) electrons. The van der Waals surface area contributed by atoms with Gasteiger partial charge in [-0.05, 0) is 43.2 Å². The lowest BCUT2D eigenvalue weighted by Gasteiger charge is -2.35. The largest absolute Gasteiger partial charge is 0.395 e. The molecule has 5 rings (SSSR count). The molecule has 2 N–H and O–H groups in total. The number of piperazine rings is 1. The number of aliphatic hydroxyl groups excluding tert-OH is 1. The van der Waals surface area contributed by atoms with Crippen molar-refractivity contribution in [1.82, 2.24) is 24.9 Å². The van der Waals surface area contributed by atoms with Crippen molar-refractivity contribution in [1.29, 1.82) is 0 Å². The number of benzene rings is 1. The Labute approximate surface area is 204 Å². The highest BCUT2D eigenvalue weighted by molar-refractivity contribution is 5.87. The van der Waals surface area contributed by atoms with Gasteiger partial charge < -0.3 is 24.7 Å². The third-order valence-corrected chi connectivity index (χ3v) is 6.81. The van der Waals surface area contributed by atoms with E-state index in [0.29, 0.717) is 23.6 Å². The zero-order valence-electron chi connectivity index (χ0n) is 19.8. The quantitative estimate of drug-likeness (QED) is 0.496. The summed E-state index contributed by atoms with van der Waals surface area (Å²) in [4.78, 5) is 27.6. The fourth-order valence-electron chi connectivity index (χ4n) is 4.88. The van der Waals surface area contributed by atoms with Crippen molar-refractivity contribution in [3.8, 4) is 0 Å². The summed E-state index contributed by atoms with van der Waals surface area (Å²) < 4.78 is 5.49. The lowest BCUT2D eigenvalue weighted by atomic mass is 9.94. The first-order valence-electron chi connectivity index (χ1n) is 12.1. The second kappa shape index (κ2) is 10.4. The average Bonchev–Trinajstić information content (AvgIpc) is 3.33. The Morgan fingerprint density at radius 2 is 2.00 bits per heavy atom. The molecule has 1 atom stereocenters. The minimum Gasteiger partial charge on any atom is -0.395 e. The van der Waals surface area contributed by atoms with Crippen LogP contribution in [-0.2, 0) is 4.79 Å². The van der Waals surface area contributed by atoms with Crippen LogP contribution in [0.5, 0.6) is 0 Å². The molecule has 4 heterocycles. The standard InChI is InChI=1S/C25H31N7O3/c1-2-22(34)32-9-3-4-18(17-32)23-24-21(35-29-23)16-26-25(28-24)27-19-5-7-20(8-6-19)31-12-10-30(11-13-31)14-15-33/h2,5-8,16,18,33H,1,3-4,9-15,17H2,(H,26,27,28). The van der Waals surface area contributed by atoms with Gasteiger partial charge in [-0.1, -0.05) is 11.7 Å². The number of carbonyl (C=O) groups excluding carboxylic acids is 1. The molecular weight excluding hydrogens is 446 g/mol. The van der Waals surface area contributed by atoms with E-state index in [1.807, 2.05) is 12.1 Å². The lowest BCUT2D eigenvalue weighted by Crippen LogP contribution is -2.47. The minimum absolute atomic E-state index is 0.0602. The van der Waals surface area contributed by atoms with Crippen LogP contribution < -0.4 is 10.2 Å². The Morgan fingerprint density at radius 1 is 1.20 bits per heavy atom. The highest BCUT2D eigenvalue weighted by Crippen LogP contribution is 2.31. The van der Waals surface area contributed by atoms with E-state index in [0.717, 1.165) is 63.5 Å². The molecule has 1 unspecified atom stereocenters. The number of hydrogen-bond donors (Lipinski definition) is 2. The molecule has 0 spiro atoms. The zero-order valence-corrected chi connectivity index (χ0v) is 19.8. The molecule has 2 aromatic heterocycles. The summed E-state index contributed by atoms with van der Waals surface area (Å²) in [6, 6.07) is 8.25. The molecule has 10 heteroatoms. The van der Waals surface area contributed by atoms with Crippen molar-refractivity contribution in [3.05, 3.63) is 48.8 Å². The first-order chi connectivity index (χ1) is 17.1. The molecule has 3 aromatic rings. The maximum absolute atomic E-state index is 12.1. The Bertz CT molecular complexity index is 1170. The maximum atomic E-state index is 12.1. The Hall–Kier alpha value is -3.50. The number of amides is 1. The van der Waals surface area contributed by atoms with Gasteiger partial charge in [-0.3, -0.25) is 9.69 Å². The van der Waals surface area contributed by atoms with Gasteiger partial charge in [-0.25, -0.2) is 9.97 Å². The van der Waals surface area contributed by atoms with Gasteiger partial charge >= 0.3 is 0 Å². The van der Waals surface area contributed by atoms with Crippen LogP contribution >= 0.6 is 0 Å². The molecule has 2 aliphatic rings. The predicted octanol–water partition coefficient (Wildman–Crippen LogP) is 2.37. The highest BCUT2D eigenvalue weighted by atomic mass is 16.5. The van der Waals surface area contributed by atoms with Crippen molar-refractivity contribution in [3.63, 3.8) is 0 Å². The van der Waals surface area contributed by atoms with Gasteiger partial charge in [0.25, 0.3) is 0 Å². The summed E-state index contributed by atoms with van der Waals surface area (Å²) in [6.07, 6.45) is 4.82. The van der Waals surface area contributed by atoms with Gasteiger partial charge in [-0.15, -0.1) is 0 Å². The second-order valence-electron chi connectivity index (χ2n) is 9.03. The number of anilines is 3. The van der Waals surface area contributed by atoms with Crippen LogP contribution in [0, 0.1) is 0 Å². The van der Waals surface area contributed by atoms with Crippen LogP contribution in [-0.4, -0.2) is 88.4 Å². The molecule has 1 aromatic carbocycles. The molecule has 10 nitrogen and oxygen atoms in total. The Kier molecular flexibility index (Phi) is 6.91. The SMILES string of the molecule is C=CC(=O)N1CCCC(c2noc3cnc(Nc4ccc(N5CCN(CCO)CC5)cc4)nc23)C1. The van der Waals surface area contributed by atoms with Crippen LogP contribution in [0.2, 0.25) is 0 Å². The van der Waals surface area contributed by atoms with Gasteiger partial charge in [0.05, 0.1) is 12.8 Å². The first kappa shape index (κ1) is 23.3. The molecule has 184 valence electrons. The number of likely N-dealkylation sites (tertiary alicyclic amines) is 1. The van der Waals surface area contributed by atoms with Crippen molar-refractivity contribution in [2.24, 2.45) is 0 Å². The van der Waals surface area contributed by atoms with E-state index in [9.17, 15) is 4.79 Å². The molecular formula is C25H31N7O3. The van der Waals surface area contributed by atoms with E-state index >= 15 is 0 Å². The lowest BCUT2D eigenvalue weighted by molar-refractivity contribution is -0.127. The smallest absolute Gasteiger partial charge is 0.245 e. The number of aliphatic hydroxyl groups is 1. The third-order valence-electron chi connectivity index (χ3n) is 6.81. The molecule has 1 amide bonds. The summed E-state index contributed by atoms with van der Waals surface area (Å²) >= 11 is 0. The number of rotatable bonds is 7. The van der Waals surface area contributed by atoms with E-state index in [1.54, 1.807) is 11.1 Å². The van der Waals surface area contributed by atoms with Crippen molar-refractivity contribution >= 4 is 34.3 Å². The maximum Gasteiger partial charge on any atom is 0.245 e. The summed E-state index contributed by atoms with van der Waals surface area (Å²) in [5.74, 6) is 0.478. The van der Waals surface area contributed by atoms with E-state index in [-0.39, 0.29) is 18.4 Å². The monoisotopic (exact) mass is 477 g/mol. The van der Waals surface area contributed by atoms with E-state index < -0.39 is 0 Å². The Morgan fingerprint density at radius 3 is 2.74 bits per heavy atom. The van der Waals surface area contributed by atoms with Crippen LogP contribution in [0.3, 0.4) is 0 Å². The predicted molar refractivity (Wildman–Crippen MR) is 134 cm³/mol. The van der Waals surface area contributed by atoms with Crippen molar-refractivity contribution in [2.75, 3.05) is 62.6 Å². The highest BCUT2D eigenvalue weighted by Gasteiger charge is 2.28. The molecule has 0 aliphatic carbocycles. The fraction of sp³-hybridized carbons (Fsp3) is 0.440. The van der Waals surface area contributed by atoms with E-state index in [2.05, 4.69) is 44.0 Å². The molecule has 2 fully saturated rings. The first-order valence-corrected chi connectivity index (χ1v) is 12.1. The van der Waals surface area contributed by atoms with Crippen LogP contribution in [0.4, 0.5) is 17.3 Å². The molecule has 0 saturated carbocycles. The number of piperidine rings is 1. The van der Waals surface area contributed by atoms with Crippen molar-refractivity contribution < 1.29 is 14.4 Å². The second-order valence-corrected chi connectivity index (χ2v) is 9.03. The van der Waals surface area contributed by atoms with Crippen molar-refractivity contribution in [2.45, 2.75) is 18.8 Å². The Balaban J connectivity index is 1.27. The summed E-state index contributed by atoms with van der Waals surface area (Å²) in [6.45, 7) is 9.65. The topological polar surface area (TPSA) is 111 Å². The van der Waals surface area contributed by atoms with Crippen LogP contribution in [0.25, 0.3) is 11.1 Å². The van der Waals surface area contributed by atoms with Gasteiger partial charge in [0.2, 0.25) is 17.4 Å². The fourth-order valence-corrected chi connectivity index (χ4v) is 4.88. The van der Waals surface area contributed by atoms with E-state index in [1.165, 1.54) is 11.8 Å². The summed E-state index contributed by atoms with van der Waals surface area (Å²) in [5, 5.41) is 16.7. The van der Waals surface area contributed by atoms with Gasteiger partial charge in [0.15, 0.2) is 0 Å². The van der Waals surface area contributed by atoms with Gasteiger partial charge in [0, 0.05) is 63.1 Å². The summed E-state index contributed by atoms with van der Waals surface area (Å²) in [7, 11) is 0. The number of fused-ring (bicyclic) bond motifs is 1. The minimum atomic E-state index is -0.0602. The third kappa shape index (κ3) is 5.13. The number of nitrogens with one attached hydrogen (secondary N) is 1. The number of hydrogen-bond acceptors (Lipinski definition) is 9. The molecule has 35 heavy (non-hydrogen) atoms. The van der Waals surface area contributed by atoms with E-state index in [4.69, 9.17) is 14.6 Å². The number of aromatic nitrogens is 3. The normalized spacial score (nSPS) is 19.2. The molecule has 0 bridgehead atoms. The van der Waals surface area contributed by atoms with Gasteiger partial charge in [0.1, 0.15) is 11.2 Å². The average molecular weight is 478 g/mol. The number of carbonyl (C=O) groups is 1. The van der Waals surface area contributed by atoms with Crippen LogP contribution in [0.1, 0.15) is 24.5 Å². The summed E-state index contributed by atoms with van der Waals surface area (Å²) in [5.41, 5.74) is 4.05. The molecule has 2 saturated heterocycles. The number of nitrogens with zero attached hydrogens (tertiary/aromatic N) is 6. The van der Waals surface area contributed by atoms with Gasteiger partial charge in [-0.2, -0.15) is 0 Å². The zero-order chi connectivity index (χ0) is 24.2. The molecule has 2 aliphatic heterocycles. The van der Waals surface area contributed by atoms with Crippen LogP contribution in [0.15, 0.2) is 47.6 Å². The number of β-amino-alcohol motifs (C(OH)–C–C–N with tert-alkyl or cyclic N) is 1.